The van der Waals surface area contributed by atoms with Gasteiger partial charge in [0, 0.05) is 36.7 Å². The Balaban J connectivity index is 1.80. The van der Waals surface area contributed by atoms with Crippen molar-refractivity contribution in [1.82, 2.24) is 5.32 Å². The number of ether oxygens (including phenoxy) is 2. The van der Waals surface area contributed by atoms with E-state index >= 15 is 0 Å². The molecule has 0 saturated carbocycles. The van der Waals surface area contributed by atoms with Crippen molar-refractivity contribution in [2.45, 2.75) is 27.2 Å². The average molecular weight is 490 g/mol. The highest BCUT2D eigenvalue weighted by Crippen LogP contribution is 2.37. The molecule has 0 spiro atoms. The lowest BCUT2D eigenvalue weighted by molar-refractivity contribution is -0.118. The minimum Gasteiger partial charge on any atom is -0.492 e. The number of benzene rings is 3. The van der Waals surface area contributed by atoms with Crippen molar-refractivity contribution in [3.05, 3.63) is 83.4 Å². The zero-order valence-corrected chi connectivity index (χ0v) is 20.7. The van der Waals surface area contributed by atoms with Gasteiger partial charge in [-0.3, -0.25) is 14.4 Å². The molecule has 3 N–H and O–H groups in total. The first-order valence-corrected chi connectivity index (χ1v) is 11.9. The minimum absolute atomic E-state index is 0.0758. The van der Waals surface area contributed by atoms with Crippen molar-refractivity contribution < 1.29 is 23.9 Å². The van der Waals surface area contributed by atoms with Crippen LogP contribution < -0.4 is 25.4 Å². The second-order valence-electron chi connectivity index (χ2n) is 7.91. The van der Waals surface area contributed by atoms with Crippen molar-refractivity contribution >= 4 is 29.1 Å². The van der Waals surface area contributed by atoms with Crippen LogP contribution in [0.2, 0.25) is 0 Å². The van der Waals surface area contributed by atoms with E-state index in [1.54, 1.807) is 48.5 Å². The Hall–Kier alpha value is -4.33. The predicted molar refractivity (Wildman–Crippen MR) is 140 cm³/mol. The topological polar surface area (TPSA) is 106 Å². The third-order valence-electron chi connectivity index (χ3n) is 5.22. The van der Waals surface area contributed by atoms with Gasteiger partial charge in [-0.2, -0.15) is 0 Å². The first kappa shape index (κ1) is 26.3. The zero-order chi connectivity index (χ0) is 25.9. The van der Waals surface area contributed by atoms with E-state index in [4.69, 9.17) is 9.47 Å². The predicted octanol–water partition coefficient (Wildman–Crippen LogP) is 4.67. The van der Waals surface area contributed by atoms with E-state index in [2.05, 4.69) is 16.0 Å². The molecule has 0 heterocycles. The third-order valence-corrected chi connectivity index (χ3v) is 5.22. The summed E-state index contributed by atoms with van der Waals surface area (Å²) in [5, 5.41) is 8.51. The Labute approximate surface area is 211 Å². The van der Waals surface area contributed by atoms with Gasteiger partial charge in [0.05, 0.1) is 24.6 Å². The van der Waals surface area contributed by atoms with Crippen LogP contribution >= 0.6 is 0 Å². The number of hydrogen-bond donors (Lipinski definition) is 3. The Morgan fingerprint density at radius 1 is 0.722 bits per heavy atom. The molecule has 36 heavy (non-hydrogen) atoms. The van der Waals surface area contributed by atoms with Crippen LogP contribution in [0, 0.1) is 0 Å². The minimum atomic E-state index is -0.312. The molecule has 0 atom stereocenters. The summed E-state index contributed by atoms with van der Waals surface area (Å²) in [4.78, 5) is 36.7. The Morgan fingerprint density at radius 3 is 1.69 bits per heavy atom. The first-order valence-electron chi connectivity index (χ1n) is 11.9. The number of carbonyl (C=O) groups is 3. The van der Waals surface area contributed by atoms with Gasteiger partial charge in [0.2, 0.25) is 5.91 Å². The largest absolute Gasteiger partial charge is 0.492 e. The molecule has 0 fully saturated rings. The molecule has 8 nitrogen and oxygen atoms in total. The molecule has 8 heteroatoms. The summed E-state index contributed by atoms with van der Waals surface area (Å²) in [6, 6.07) is 19.3. The first-order chi connectivity index (χ1) is 17.4. The lowest BCUT2D eigenvalue weighted by Crippen LogP contribution is -2.22. The standard InChI is InChI=1S/C28H31N3O5/c1-4-35-25-18-24(31-28(34)22-13-11-20(12-14-22)15-16-29-19(3)32)26(36-5-2)17-23(25)30-27(33)21-9-7-6-8-10-21/h6-14,17-18H,4-5,15-16H2,1-3H3,(H,29,32)(H,30,33)(H,31,34). The van der Waals surface area contributed by atoms with E-state index in [1.807, 2.05) is 32.0 Å². The molecule has 0 aromatic heterocycles. The molecule has 3 aromatic carbocycles. The third kappa shape index (κ3) is 7.33. The van der Waals surface area contributed by atoms with Gasteiger partial charge in [-0.05, 0) is 50.1 Å². The van der Waals surface area contributed by atoms with E-state index < -0.39 is 0 Å². The Morgan fingerprint density at radius 2 is 1.22 bits per heavy atom. The smallest absolute Gasteiger partial charge is 0.255 e. The van der Waals surface area contributed by atoms with Crippen LogP contribution in [0.4, 0.5) is 11.4 Å². The summed E-state index contributed by atoms with van der Waals surface area (Å²) in [6.07, 6.45) is 0.670. The molecule has 3 aromatic rings. The number of amides is 3. The van der Waals surface area contributed by atoms with Crippen LogP contribution in [-0.4, -0.2) is 37.5 Å². The monoisotopic (exact) mass is 489 g/mol. The quantitative estimate of drug-likeness (QED) is 0.363. The SMILES string of the molecule is CCOc1cc(NC(=O)c2ccc(CCNC(C)=O)cc2)c(OCC)cc1NC(=O)c1ccccc1. The summed E-state index contributed by atoms with van der Waals surface area (Å²) in [5.74, 6) is 0.147. The van der Waals surface area contributed by atoms with Crippen molar-refractivity contribution in [3.63, 3.8) is 0 Å². The van der Waals surface area contributed by atoms with Gasteiger partial charge in [-0.15, -0.1) is 0 Å². The Kier molecular flexibility index (Phi) is 9.45. The number of rotatable bonds is 11. The highest BCUT2D eigenvalue weighted by atomic mass is 16.5. The molecule has 0 aliphatic carbocycles. The normalized spacial score (nSPS) is 10.3. The van der Waals surface area contributed by atoms with Crippen molar-refractivity contribution in [2.24, 2.45) is 0 Å². The van der Waals surface area contributed by atoms with E-state index in [1.165, 1.54) is 6.92 Å². The van der Waals surface area contributed by atoms with Gasteiger partial charge in [0.1, 0.15) is 11.5 Å². The molecule has 0 bridgehead atoms. The maximum atomic E-state index is 13.0. The second-order valence-corrected chi connectivity index (χ2v) is 7.91. The van der Waals surface area contributed by atoms with Gasteiger partial charge >= 0.3 is 0 Å². The Bertz CT molecular complexity index is 1190. The van der Waals surface area contributed by atoms with Gasteiger partial charge in [-0.1, -0.05) is 30.3 Å². The molecule has 3 amide bonds. The maximum absolute atomic E-state index is 13.0. The number of hydrogen-bond acceptors (Lipinski definition) is 5. The second kappa shape index (κ2) is 12.9. The van der Waals surface area contributed by atoms with Gasteiger partial charge < -0.3 is 25.4 Å². The summed E-state index contributed by atoms with van der Waals surface area (Å²) >= 11 is 0. The van der Waals surface area contributed by atoms with Crippen molar-refractivity contribution in [2.75, 3.05) is 30.4 Å². The average Bonchev–Trinajstić information content (AvgIpc) is 2.87. The molecular weight excluding hydrogens is 458 g/mol. The fraction of sp³-hybridized carbons (Fsp3) is 0.250. The van der Waals surface area contributed by atoms with Gasteiger partial charge in [-0.25, -0.2) is 0 Å². The molecule has 3 rings (SSSR count). The molecule has 0 unspecified atom stereocenters. The van der Waals surface area contributed by atoms with Crippen LogP contribution in [0.25, 0.3) is 0 Å². The van der Waals surface area contributed by atoms with Gasteiger partial charge in [0.25, 0.3) is 11.8 Å². The maximum Gasteiger partial charge on any atom is 0.255 e. The highest BCUT2D eigenvalue weighted by Gasteiger charge is 2.17. The van der Waals surface area contributed by atoms with E-state index in [0.717, 1.165) is 5.56 Å². The summed E-state index contributed by atoms with van der Waals surface area (Å²) in [7, 11) is 0. The molecule has 0 saturated heterocycles. The lowest BCUT2D eigenvalue weighted by atomic mass is 10.1. The van der Waals surface area contributed by atoms with E-state index in [0.29, 0.717) is 60.2 Å². The summed E-state index contributed by atoms with van der Waals surface area (Å²) < 4.78 is 11.5. The molecule has 188 valence electrons. The van der Waals surface area contributed by atoms with Gasteiger partial charge in [0.15, 0.2) is 0 Å². The molecule has 0 aliphatic heterocycles. The fourth-order valence-corrected chi connectivity index (χ4v) is 3.49. The molecule has 0 radical (unpaired) electrons. The highest BCUT2D eigenvalue weighted by molar-refractivity contribution is 6.07. The van der Waals surface area contributed by atoms with Crippen LogP contribution in [0.3, 0.4) is 0 Å². The lowest BCUT2D eigenvalue weighted by Gasteiger charge is -2.18. The zero-order valence-electron chi connectivity index (χ0n) is 20.7. The van der Waals surface area contributed by atoms with Crippen molar-refractivity contribution in [3.8, 4) is 11.5 Å². The molecular formula is C28H31N3O5. The van der Waals surface area contributed by atoms with E-state index in [-0.39, 0.29) is 17.7 Å². The van der Waals surface area contributed by atoms with Crippen LogP contribution in [0.1, 0.15) is 47.1 Å². The fourth-order valence-electron chi connectivity index (χ4n) is 3.49. The van der Waals surface area contributed by atoms with Crippen LogP contribution in [-0.2, 0) is 11.2 Å². The number of carbonyl (C=O) groups excluding carboxylic acids is 3. The summed E-state index contributed by atoms with van der Waals surface area (Å²) in [6.45, 7) is 6.42. The van der Waals surface area contributed by atoms with Crippen LogP contribution in [0.15, 0.2) is 66.7 Å². The summed E-state index contributed by atoms with van der Waals surface area (Å²) in [5.41, 5.74) is 2.86. The van der Waals surface area contributed by atoms with E-state index in [9.17, 15) is 14.4 Å². The van der Waals surface area contributed by atoms with Crippen molar-refractivity contribution in [1.29, 1.82) is 0 Å². The molecule has 0 aliphatic rings. The number of nitrogens with one attached hydrogen (secondary N) is 3. The number of anilines is 2. The van der Waals surface area contributed by atoms with Crippen LogP contribution in [0.5, 0.6) is 11.5 Å².